The van der Waals surface area contributed by atoms with E-state index in [1.165, 1.54) is 7.11 Å². The zero-order valence-corrected chi connectivity index (χ0v) is 10.00. The highest BCUT2D eigenvalue weighted by Gasteiger charge is 2.46. The molecule has 0 amide bonds. The Kier molecular flexibility index (Phi) is 3.05. The Balaban J connectivity index is 2.39. The van der Waals surface area contributed by atoms with E-state index in [0.29, 0.717) is 6.54 Å². The van der Waals surface area contributed by atoms with E-state index in [0.717, 1.165) is 11.3 Å². The molecule has 0 fully saturated rings. The molecule has 0 radical (unpaired) electrons. The van der Waals surface area contributed by atoms with Gasteiger partial charge in [-0.1, -0.05) is 25.1 Å². The summed E-state index contributed by atoms with van der Waals surface area (Å²) in [5.41, 5.74) is -0.249. The molecule has 1 aliphatic rings. The molecule has 0 spiro atoms. The molecule has 17 heavy (non-hydrogen) atoms. The van der Waals surface area contributed by atoms with Crippen molar-refractivity contribution in [3.05, 3.63) is 29.8 Å². The van der Waals surface area contributed by atoms with E-state index in [-0.39, 0.29) is 6.42 Å². The Morgan fingerprint density at radius 2 is 2.24 bits per heavy atom. The molecular formula is C13H16FNO2. The number of halogens is 1. The average molecular weight is 237 g/mol. The van der Waals surface area contributed by atoms with Crippen molar-refractivity contribution in [2.45, 2.75) is 19.0 Å². The third kappa shape index (κ3) is 1.99. The molecule has 0 bridgehead atoms. The van der Waals surface area contributed by atoms with E-state index in [1.54, 1.807) is 6.92 Å². The number of alkyl halides is 1. The van der Waals surface area contributed by atoms with Crippen molar-refractivity contribution >= 4 is 11.7 Å². The lowest BCUT2D eigenvalue weighted by Crippen LogP contribution is -2.44. The second kappa shape index (κ2) is 4.35. The third-order valence-corrected chi connectivity index (χ3v) is 3.37. The summed E-state index contributed by atoms with van der Waals surface area (Å²) < 4.78 is 19.4. The molecule has 4 heteroatoms. The fourth-order valence-corrected chi connectivity index (χ4v) is 2.17. The fourth-order valence-electron chi connectivity index (χ4n) is 2.17. The van der Waals surface area contributed by atoms with Gasteiger partial charge in [-0.05, 0) is 11.6 Å². The minimum atomic E-state index is -1.95. The van der Waals surface area contributed by atoms with Gasteiger partial charge in [0.2, 0.25) is 5.67 Å². The van der Waals surface area contributed by atoms with Crippen LogP contribution in [-0.4, -0.2) is 25.3 Å². The minimum Gasteiger partial charge on any atom is -0.467 e. The number of methoxy groups -OCH3 is 1. The van der Waals surface area contributed by atoms with Crippen molar-refractivity contribution in [1.29, 1.82) is 0 Å². The largest absolute Gasteiger partial charge is 0.467 e. The topological polar surface area (TPSA) is 38.3 Å². The van der Waals surface area contributed by atoms with Crippen LogP contribution in [0.2, 0.25) is 0 Å². The van der Waals surface area contributed by atoms with Gasteiger partial charge in [0.15, 0.2) is 0 Å². The number of anilines is 1. The van der Waals surface area contributed by atoms with Gasteiger partial charge in [0.1, 0.15) is 0 Å². The number of fused-ring (bicyclic) bond motifs is 1. The van der Waals surface area contributed by atoms with Gasteiger partial charge in [0.05, 0.1) is 7.11 Å². The van der Waals surface area contributed by atoms with Crippen molar-refractivity contribution in [2.75, 3.05) is 19.0 Å². The van der Waals surface area contributed by atoms with E-state index in [9.17, 15) is 9.18 Å². The molecule has 1 aromatic carbocycles. The van der Waals surface area contributed by atoms with E-state index in [4.69, 9.17) is 0 Å². The van der Waals surface area contributed by atoms with Gasteiger partial charge in [-0.3, -0.25) is 0 Å². The van der Waals surface area contributed by atoms with Crippen LogP contribution in [0.5, 0.6) is 0 Å². The number of ether oxygens (including phenoxy) is 1. The normalized spacial score (nSPS) is 27.6. The summed E-state index contributed by atoms with van der Waals surface area (Å²) in [6, 6.07) is 7.46. The molecule has 0 aromatic heterocycles. The molecule has 0 saturated carbocycles. The lowest BCUT2D eigenvalue weighted by Gasteiger charge is -2.26. The summed E-state index contributed by atoms with van der Waals surface area (Å²) in [6.45, 7) is 2.14. The summed E-state index contributed by atoms with van der Waals surface area (Å²) in [5, 5.41) is 3.16. The van der Waals surface area contributed by atoms with Crippen LogP contribution in [0, 0.1) is 5.92 Å². The number of hydrogen-bond acceptors (Lipinski definition) is 3. The summed E-state index contributed by atoms with van der Waals surface area (Å²) in [4.78, 5) is 11.6. The van der Waals surface area contributed by atoms with E-state index in [1.807, 2.05) is 24.3 Å². The van der Waals surface area contributed by atoms with Crippen molar-refractivity contribution in [2.24, 2.45) is 5.92 Å². The number of nitrogens with one attached hydrogen (secondary N) is 1. The molecular weight excluding hydrogens is 221 g/mol. The van der Waals surface area contributed by atoms with Gasteiger partial charge < -0.3 is 10.1 Å². The van der Waals surface area contributed by atoms with Crippen molar-refractivity contribution < 1.29 is 13.9 Å². The second-order valence-corrected chi connectivity index (χ2v) is 4.47. The monoisotopic (exact) mass is 237 g/mol. The van der Waals surface area contributed by atoms with Crippen LogP contribution in [-0.2, 0) is 16.0 Å². The number of para-hydroxylation sites is 1. The SMILES string of the molecule is COC(=O)C1(F)Cc2ccccc2NC[C@H]1C. The van der Waals surface area contributed by atoms with E-state index < -0.39 is 17.6 Å². The Labute approximate surface area is 100.0 Å². The predicted octanol–water partition coefficient (Wildman–Crippen LogP) is 2.17. The summed E-state index contributed by atoms with van der Waals surface area (Å²) in [5.74, 6) is -1.22. The fraction of sp³-hybridized carbons (Fsp3) is 0.462. The lowest BCUT2D eigenvalue weighted by atomic mass is 9.86. The van der Waals surface area contributed by atoms with Crippen LogP contribution in [0.4, 0.5) is 10.1 Å². The van der Waals surface area contributed by atoms with Crippen LogP contribution in [0.25, 0.3) is 0 Å². The van der Waals surface area contributed by atoms with Gasteiger partial charge in [-0.15, -0.1) is 0 Å². The van der Waals surface area contributed by atoms with Crippen LogP contribution in [0.1, 0.15) is 12.5 Å². The molecule has 3 nitrogen and oxygen atoms in total. The number of hydrogen-bond donors (Lipinski definition) is 1. The van der Waals surface area contributed by atoms with Crippen molar-refractivity contribution in [1.82, 2.24) is 0 Å². The van der Waals surface area contributed by atoms with Crippen LogP contribution < -0.4 is 5.32 Å². The van der Waals surface area contributed by atoms with Gasteiger partial charge in [0.25, 0.3) is 0 Å². The number of rotatable bonds is 1. The van der Waals surface area contributed by atoms with Crippen LogP contribution in [0.3, 0.4) is 0 Å². The number of carbonyl (C=O) groups is 1. The number of benzene rings is 1. The number of carbonyl (C=O) groups excluding carboxylic acids is 1. The highest BCUT2D eigenvalue weighted by atomic mass is 19.1. The first-order chi connectivity index (χ1) is 8.08. The maximum Gasteiger partial charge on any atom is 0.344 e. The quantitative estimate of drug-likeness (QED) is 0.761. The highest BCUT2D eigenvalue weighted by Crippen LogP contribution is 2.34. The summed E-state index contributed by atoms with van der Waals surface area (Å²) in [7, 11) is 1.22. The van der Waals surface area contributed by atoms with E-state index in [2.05, 4.69) is 10.1 Å². The van der Waals surface area contributed by atoms with Gasteiger partial charge in [-0.25, -0.2) is 9.18 Å². The van der Waals surface area contributed by atoms with Crippen LogP contribution >= 0.6 is 0 Å². The molecule has 1 aliphatic heterocycles. The first-order valence-corrected chi connectivity index (χ1v) is 5.67. The number of esters is 1. The van der Waals surface area contributed by atoms with Crippen molar-refractivity contribution in [3.8, 4) is 0 Å². The molecule has 1 heterocycles. The first-order valence-electron chi connectivity index (χ1n) is 5.67. The molecule has 92 valence electrons. The third-order valence-electron chi connectivity index (χ3n) is 3.37. The smallest absolute Gasteiger partial charge is 0.344 e. The molecule has 1 aromatic rings. The zero-order chi connectivity index (χ0) is 12.5. The maximum absolute atomic E-state index is 14.8. The summed E-state index contributed by atoms with van der Waals surface area (Å²) >= 11 is 0. The minimum absolute atomic E-state index is 0.0595. The molecule has 1 N–H and O–H groups in total. The van der Waals surface area contributed by atoms with Crippen LogP contribution in [0.15, 0.2) is 24.3 Å². The standard InChI is InChI=1S/C13H16FNO2/c1-9-8-15-11-6-4-3-5-10(11)7-13(9,14)12(16)17-2/h3-6,9,15H,7-8H2,1-2H3/t9-,13?/m1/s1. The Bertz CT molecular complexity index is 435. The Hall–Kier alpha value is -1.58. The van der Waals surface area contributed by atoms with Gasteiger partial charge >= 0.3 is 5.97 Å². The molecule has 0 aliphatic carbocycles. The maximum atomic E-state index is 14.8. The molecule has 1 unspecified atom stereocenters. The molecule has 2 rings (SSSR count). The predicted molar refractivity (Wildman–Crippen MR) is 63.7 cm³/mol. The lowest BCUT2D eigenvalue weighted by molar-refractivity contribution is -0.158. The molecule has 2 atom stereocenters. The Morgan fingerprint density at radius 1 is 1.53 bits per heavy atom. The van der Waals surface area contributed by atoms with Gasteiger partial charge in [-0.2, -0.15) is 0 Å². The van der Waals surface area contributed by atoms with Gasteiger partial charge in [0, 0.05) is 24.6 Å². The van der Waals surface area contributed by atoms with E-state index >= 15 is 0 Å². The average Bonchev–Trinajstić information content (AvgIpc) is 2.47. The molecule has 0 saturated heterocycles. The Morgan fingerprint density at radius 3 is 2.94 bits per heavy atom. The van der Waals surface area contributed by atoms with Crippen molar-refractivity contribution in [3.63, 3.8) is 0 Å². The highest BCUT2D eigenvalue weighted by molar-refractivity contribution is 5.81. The summed E-state index contributed by atoms with van der Waals surface area (Å²) in [6.07, 6.45) is 0.0595. The second-order valence-electron chi connectivity index (χ2n) is 4.47. The zero-order valence-electron chi connectivity index (χ0n) is 10.00. The first kappa shape index (κ1) is 11.9.